The van der Waals surface area contributed by atoms with E-state index in [1.54, 1.807) is 13.1 Å². The van der Waals surface area contributed by atoms with Crippen LogP contribution in [0.2, 0.25) is 0 Å². The van der Waals surface area contributed by atoms with E-state index in [2.05, 4.69) is 4.98 Å². The van der Waals surface area contributed by atoms with Gasteiger partial charge in [0.05, 0.1) is 17.7 Å². The quantitative estimate of drug-likeness (QED) is 0.814. The predicted octanol–water partition coefficient (Wildman–Crippen LogP) is 1.23. The minimum Gasteiger partial charge on any atom is -0.395 e. The Labute approximate surface area is 93.5 Å². The molecule has 16 heavy (non-hydrogen) atoms. The number of fused-ring (bicyclic) bond motifs is 1. The molecular weight excluding hydrogens is 204 g/mol. The van der Waals surface area contributed by atoms with E-state index in [1.165, 1.54) is 4.90 Å². The third kappa shape index (κ3) is 1.79. The van der Waals surface area contributed by atoms with Crippen molar-refractivity contribution in [2.75, 3.05) is 20.2 Å². The van der Waals surface area contributed by atoms with Crippen molar-refractivity contribution >= 4 is 16.8 Å². The molecule has 4 nitrogen and oxygen atoms in total. The van der Waals surface area contributed by atoms with Gasteiger partial charge in [-0.05, 0) is 12.1 Å². The van der Waals surface area contributed by atoms with E-state index in [1.807, 2.05) is 24.4 Å². The summed E-state index contributed by atoms with van der Waals surface area (Å²) in [6, 6.07) is 7.53. The van der Waals surface area contributed by atoms with E-state index >= 15 is 0 Å². The Balaban J connectivity index is 2.39. The maximum absolute atomic E-state index is 12.0. The van der Waals surface area contributed by atoms with Gasteiger partial charge in [0.2, 0.25) is 0 Å². The van der Waals surface area contributed by atoms with E-state index in [0.29, 0.717) is 12.1 Å². The van der Waals surface area contributed by atoms with Crippen LogP contribution in [0.15, 0.2) is 30.5 Å². The number of H-pyrrole nitrogens is 1. The van der Waals surface area contributed by atoms with Crippen molar-refractivity contribution in [2.24, 2.45) is 0 Å². The minimum atomic E-state index is -0.0814. The SMILES string of the molecule is CN(CCO)C(=O)c1cccc2cc[nH]c12. The van der Waals surface area contributed by atoms with E-state index in [4.69, 9.17) is 5.11 Å². The Morgan fingerprint density at radius 2 is 2.25 bits per heavy atom. The summed E-state index contributed by atoms with van der Waals surface area (Å²) in [7, 11) is 1.68. The standard InChI is InChI=1S/C12H14N2O2/c1-14(7-8-15)12(16)10-4-2-3-9-5-6-13-11(9)10/h2-6,13,15H,7-8H2,1H3. The van der Waals surface area contributed by atoms with Gasteiger partial charge >= 0.3 is 0 Å². The van der Waals surface area contributed by atoms with Crippen molar-refractivity contribution in [3.8, 4) is 0 Å². The first-order chi connectivity index (χ1) is 7.74. The van der Waals surface area contributed by atoms with Crippen LogP contribution < -0.4 is 0 Å². The van der Waals surface area contributed by atoms with Crippen molar-refractivity contribution in [1.29, 1.82) is 0 Å². The first-order valence-electron chi connectivity index (χ1n) is 5.16. The fourth-order valence-electron chi connectivity index (χ4n) is 1.72. The smallest absolute Gasteiger partial charge is 0.255 e. The van der Waals surface area contributed by atoms with Gasteiger partial charge in [0.25, 0.3) is 5.91 Å². The van der Waals surface area contributed by atoms with Gasteiger partial charge in [0.15, 0.2) is 0 Å². The summed E-state index contributed by atoms with van der Waals surface area (Å²) in [5, 5.41) is 9.82. The van der Waals surface area contributed by atoms with E-state index in [-0.39, 0.29) is 12.5 Å². The lowest BCUT2D eigenvalue weighted by molar-refractivity contribution is 0.0768. The fourth-order valence-corrected chi connectivity index (χ4v) is 1.72. The molecule has 0 aliphatic carbocycles. The lowest BCUT2D eigenvalue weighted by atomic mass is 10.1. The second kappa shape index (κ2) is 4.37. The number of hydrogen-bond donors (Lipinski definition) is 2. The number of rotatable bonds is 3. The van der Waals surface area contributed by atoms with Gasteiger partial charge < -0.3 is 15.0 Å². The monoisotopic (exact) mass is 218 g/mol. The molecule has 0 saturated heterocycles. The van der Waals surface area contributed by atoms with Crippen molar-refractivity contribution in [2.45, 2.75) is 0 Å². The van der Waals surface area contributed by atoms with Crippen LogP contribution in [0.5, 0.6) is 0 Å². The maximum Gasteiger partial charge on any atom is 0.255 e. The van der Waals surface area contributed by atoms with Crippen molar-refractivity contribution < 1.29 is 9.90 Å². The number of aliphatic hydroxyl groups excluding tert-OH is 1. The number of aromatic amines is 1. The van der Waals surface area contributed by atoms with Gasteiger partial charge in [-0.3, -0.25) is 4.79 Å². The average molecular weight is 218 g/mol. The Hall–Kier alpha value is -1.81. The molecule has 4 heteroatoms. The van der Waals surface area contributed by atoms with Crippen molar-refractivity contribution in [1.82, 2.24) is 9.88 Å². The number of para-hydroxylation sites is 1. The molecule has 2 rings (SSSR count). The molecule has 2 aromatic rings. The second-order valence-corrected chi connectivity index (χ2v) is 3.70. The minimum absolute atomic E-state index is 0.0249. The highest BCUT2D eigenvalue weighted by Gasteiger charge is 2.14. The summed E-state index contributed by atoms with van der Waals surface area (Å²) in [6.45, 7) is 0.318. The summed E-state index contributed by atoms with van der Waals surface area (Å²) < 4.78 is 0. The Kier molecular flexibility index (Phi) is 2.92. The highest BCUT2D eigenvalue weighted by Crippen LogP contribution is 2.17. The summed E-state index contributed by atoms with van der Waals surface area (Å²) in [4.78, 5) is 16.6. The van der Waals surface area contributed by atoms with Crippen LogP contribution >= 0.6 is 0 Å². The van der Waals surface area contributed by atoms with Crippen LogP contribution in [0.1, 0.15) is 10.4 Å². The molecule has 0 aliphatic rings. The molecule has 0 saturated carbocycles. The predicted molar refractivity (Wildman–Crippen MR) is 62.3 cm³/mol. The highest BCUT2D eigenvalue weighted by atomic mass is 16.3. The fraction of sp³-hybridized carbons (Fsp3) is 0.250. The average Bonchev–Trinajstić information content (AvgIpc) is 2.76. The molecule has 1 aromatic carbocycles. The molecule has 0 aliphatic heterocycles. The first-order valence-corrected chi connectivity index (χ1v) is 5.16. The molecule has 0 bridgehead atoms. The molecule has 1 aromatic heterocycles. The number of hydrogen-bond acceptors (Lipinski definition) is 2. The molecule has 84 valence electrons. The Bertz CT molecular complexity index is 504. The number of nitrogens with zero attached hydrogens (tertiary/aromatic N) is 1. The largest absolute Gasteiger partial charge is 0.395 e. The number of aromatic nitrogens is 1. The van der Waals surface area contributed by atoms with Crippen LogP contribution in [0, 0.1) is 0 Å². The highest BCUT2D eigenvalue weighted by molar-refractivity contribution is 6.05. The van der Waals surface area contributed by atoms with Gasteiger partial charge in [-0.15, -0.1) is 0 Å². The van der Waals surface area contributed by atoms with E-state index in [0.717, 1.165) is 10.9 Å². The van der Waals surface area contributed by atoms with Gasteiger partial charge in [-0.2, -0.15) is 0 Å². The number of likely N-dealkylation sites (N-methyl/N-ethyl adjacent to an activating group) is 1. The maximum atomic E-state index is 12.0. The molecule has 2 N–H and O–H groups in total. The van der Waals surface area contributed by atoms with Crippen LogP contribution in [-0.4, -0.2) is 41.1 Å². The van der Waals surface area contributed by atoms with Crippen LogP contribution in [0.25, 0.3) is 10.9 Å². The normalized spacial score (nSPS) is 10.6. The molecule has 0 atom stereocenters. The van der Waals surface area contributed by atoms with Gasteiger partial charge in [0.1, 0.15) is 0 Å². The molecule has 1 amide bonds. The van der Waals surface area contributed by atoms with Gasteiger partial charge in [-0.1, -0.05) is 12.1 Å². The number of carbonyl (C=O) groups is 1. The molecule has 0 fully saturated rings. The zero-order chi connectivity index (χ0) is 11.5. The zero-order valence-corrected chi connectivity index (χ0v) is 9.10. The van der Waals surface area contributed by atoms with Crippen molar-refractivity contribution in [3.63, 3.8) is 0 Å². The third-order valence-electron chi connectivity index (χ3n) is 2.60. The van der Waals surface area contributed by atoms with Crippen molar-refractivity contribution in [3.05, 3.63) is 36.0 Å². The second-order valence-electron chi connectivity index (χ2n) is 3.70. The lowest BCUT2D eigenvalue weighted by Gasteiger charge is -2.15. The number of carbonyl (C=O) groups excluding carboxylic acids is 1. The lowest BCUT2D eigenvalue weighted by Crippen LogP contribution is -2.29. The molecule has 0 radical (unpaired) electrons. The summed E-state index contributed by atoms with van der Waals surface area (Å²) in [5.74, 6) is -0.0814. The third-order valence-corrected chi connectivity index (χ3v) is 2.60. The molecule has 0 unspecified atom stereocenters. The number of benzene rings is 1. The Morgan fingerprint density at radius 3 is 3.00 bits per heavy atom. The van der Waals surface area contributed by atoms with Gasteiger partial charge in [0, 0.05) is 25.2 Å². The molecule has 1 heterocycles. The zero-order valence-electron chi connectivity index (χ0n) is 9.10. The van der Waals surface area contributed by atoms with E-state index in [9.17, 15) is 4.79 Å². The number of aliphatic hydroxyl groups is 1. The summed E-state index contributed by atoms with van der Waals surface area (Å²) in [5.41, 5.74) is 1.48. The summed E-state index contributed by atoms with van der Waals surface area (Å²) in [6.07, 6.45) is 1.81. The topological polar surface area (TPSA) is 56.3 Å². The number of nitrogens with one attached hydrogen (secondary N) is 1. The van der Waals surface area contributed by atoms with E-state index < -0.39 is 0 Å². The Morgan fingerprint density at radius 1 is 1.44 bits per heavy atom. The van der Waals surface area contributed by atoms with Crippen LogP contribution in [0.3, 0.4) is 0 Å². The van der Waals surface area contributed by atoms with Gasteiger partial charge in [-0.25, -0.2) is 0 Å². The van der Waals surface area contributed by atoms with Crippen LogP contribution in [-0.2, 0) is 0 Å². The molecule has 0 spiro atoms. The summed E-state index contributed by atoms with van der Waals surface area (Å²) >= 11 is 0. The first kappa shape index (κ1) is 10.7. The molecular formula is C12H14N2O2. The number of amides is 1. The van der Waals surface area contributed by atoms with Crippen LogP contribution in [0.4, 0.5) is 0 Å².